The number of hydrogen-bond acceptors (Lipinski definition) is 3. The van der Waals surface area contributed by atoms with Crippen molar-refractivity contribution in [2.45, 2.75) is 19.5 Å². The summed E-state index contributed by atoms with van der Waals surface area (Å²) in [4.78, 5) is 2.12. The summed E-state index contributed by atoms with van der Waals surface area (Å²) in [5.41, 5.74) is 0.940. The molecule has 0 amide bonds. The topological polar surface area (TPSA) is 37.4 Å². The van der Waals surface area contributed by atoms with E-state index in [4.69, 9.17) is 23.2 Å². The lowest BCUT2D eigenvalue weighted by Gasteiger charge is -2.33. The summed E-state index contributed by atoms with van der Waals surface area (Å²) in [6.07, 6.45) is 0. The minimum Gasteiger partial charge on any atom is -0.294 e. The number of rotatable bonds is 2. The molecule has 1 fully saturated rings. The molecule has 1 aliphatic heterocycles. The lowest BCUT2D eigenvalue weighted by Crippen LogP contribution is -2.46. The third-order valence-electron chi connectivity index (χ3n) is 3.19. The molecule has 1 saturated heterocycles. The van der Waals surface area contributed by atoms with Gasteiger partial charge in [0.1, 0.15) is 0 Å². The third kappa shape index (κ3) is 3.38. The lowest BCUT2D eigenvalue weighted by molar-refractivity contribution is 0.218. The van der Waals surface area contributed by atoms with Crippen molar-refractivity contribution < 1.29 is 8.42 Å². The number of sulfone groups is 1. The van der Waals surface area contributed by atoms with E-state index >= 15 is 0 Å². The number of nitrogens with zero attached hydrogens (tertiary/aromatic N) is 1. The van der Waals surface area contributed by atoms with Gasteiger partial charge in [0.25, 0.3) is 0 Å². The van der Waals surface area contributed by atoms with E-state index in [1.807, 2.05) is 13.0 Å². The Morgan fingerprint density at radius 3 is 2.78 bits per heavy atom. The standard InChI is InChI=1S/C12H15Cl2NO2S/c1-9-8-18(16,17)5-4-15(9)7-10-6-11(13)2-3-12(10)14/h2-3,6,9H,4-5,7-8H2,1H3/t9-/m1/s1. The monoisotopic (exact) mass is 307 g/mol. The highest BCUT2D eigenvalue weighted by Crippen LogP contribution is 2.24. The zero-order valence-electron chi connectivity index (χ0n) is 10.1. The lowest BCUT2D eigenvalue weighted by atomic mass is 10.2. The van der Waals surface area contributed by atoms with E-state index in [2.05, 4.69) is 4.90 Å². The van der Waals surface area contributed by atoms with Crippen molar-refractivity contribution in [3.63, 3.8) is 0 Å². The van der Waals surface area contributed by atoms with Gasteiger partial charge in [-0.2, -0.15) is 0 Å². The van der Waals surface area contributed by atoms with Gasteiger partial charge in [0.2, 0.25) is 0 Å². The highest BCUT2D eigenvalue weighted by atomic mass is 35.5. The fourth-order valence-corrected chi connectivity index (χ4v) is 4.15. The van der Waals surface area contributed by atoms with Crippen molar-refractivity contribution in [2.75, 3.05) is 18.1 Å². The van der Waals surface area contributed by atoms with Crippen LogP contribution in [-0.2, 0) is 16.4 Å². The zero-order chi connectivity index (χ0) is 13.3. The minimum absolute atomic E-state index is 0.0128. The molecule has 0 unspecified atom stereocenters. The van der Waals surface area contributed by atoms with Gasteiger partial charge in [0.15, 0.2) is 9.84 Å². The Balaban J connectivity index is 2.12. The molecule has 0 radical (unpaired) electrons. The molecule has 18 heavy (non-hydrogen) atoms. The van der Waals surface area contributed by atoms with Gasteiger partial charge >= 0.3 is 0 Å². The van der Waals surface area contributed by atoms with Gasteiger partial charge < -0.3 is 0 Å². The van der Waals surface area contributed by atoms with Crippen LogP contribution in [0.25, 0.3) is 0 Å². The van der Waals surface area contributed by atoms with Gasteiger partial charge in [-0.05, 0) is 30.7 Å². The van der Waals surface area contributed by atoms with Gasteiger partial charge in [0, 0.05) is 29.2 Å². The highest BCUT2D eigenvalue weighted by Gasteiger charge is 2.28. The van der Waals surface area contributed by atoms with Crippen molar-refractivity contribution in [3.05, 3.63) is 33.8 Å². The molecule has 0 aromatic heterocycles. The first-order valence-electron chi connectivity index (χ1n) is 5.76. The summed E-state index contributed by atoms with van der Waals surface area (Å²) in [7, 11) is -2.88. The summed E-state index contributed by atoms with van der Waals surface area (Å²) in [5, 5.41) is 1.31. The van der Waals surface area contributed by atoms with Crippen molar-refractivity contribution >= 4 is 33.0 Å². The van der Waals surface area contributed by atoms with Crippen molar-refractivity contribution in [3.8, 4) is 0 Å². The van der Waals surface area contributed by atoms with E-state index < -0.39 is 9.84 Å². The quantitative estimate of drug-likeness (QED) is 0.843. The molecule has 6 heteroatoms. The average molecular weight is 308 g/mol. The Morgan fingerprint density at radius 2 is 2.11 bits per heavy atom. The van der Waals surface area contributed by atoms with Crippen LogP contribution in [0.5, 0.6) is 0 Å². The van der Waals surface area contributed by atoms with Gasteiger partial charge in [-0.15, -0.1) is 0 Å². The molecule has 0 saturated carbocycles. The van der Waals surface area contributed by atoms with Crippen molar-refractivity contribution in [2.24, 2.45) is 0 Å². The molecule has 1 aliphatic rings. The van der Waals surface area contributed by atoms with Crippen molar-refractivity contribution in [1.82, 2.24) is 4.90 Å². The predicted octanol–water partition coefficient (Wildman–Crippen LogP) is 2.61. The average Bonchev–Trinajstić information content (AvgIpc) is 2.26. The van der Waals surface area contributed by atoms with Crippen LogP contribution in [0.3, 0.4) is 0 Å². The Morgan fingerprint density at radius 1 is 1.39 bits per heavy atom. The van der Waals surface area contributed by atoms with E-state index in [1.54, 1.807) is 12.1 Å². The summed E-state index contributed by atoms with van der Waals surface area (Å²) < 4.78 is 23.0. The summed E-state index contributed by atoms with van der Waals surface area (Å²) in [6, 6.07) is 5.36. The third-order valence-corrected chi connectivity index (χ3v) is 5.59. The molecule has 2 rings (SSSR count). The molecule has 0 N–H and O–H groups in total. The van der Waals surface area contributed by atoms with Gasteiger partial charge in [-0.3, -0.25) is 4.90 Å². The van der Waals surface area contributed by atoms with Gasteiger partial charge in [-0.1, -0.05) is 23.2 Å². The maximum atomic E-state index is 11.5. The van der Waals surface area contributed by atoms with Crippen LogP contribution in [-0.4, -0.2) is 37.4 Å². The molecule has 3 nitrogen and oxygen atoms in total. The van der Waals surface area contributed by atoms with Crippen LogP contribution < -0.4 is 0 Å². The second-order valence-electron chi connectivity index (χ2n) is 4.67. The van der Waals surface area contributed by atoms with Crippen LogP contribution >= 0.6 is 23.2 Å². The van der Waals surface area contributed by atoms with E-state index in [0.717, 1.165) is 5.56 Å². The zero-order valence-corrected chi connectivity index (χ0v) is 12.4. The maximum Gasteiger partial charge on any atom is 0.153 e. The molecule has 1 heterocycles. The Hall–Kier alpha value is -0.290. The predicted molar refractivity (Wildman–Crippen MR) is 75.0 cm³/mol. The smallest absolute Gasteiger partial charge is 0.153 e. The van der Waals surface area contributed by atoms with E-state index in [9.17, 15) is 8.42 Å². The number of halogens is 2. The van der Waals surface area contributed by atoms with E-state index in [0.29, 0.717) is 23.1 Å². The largest absolute Gasteiger partial charge is 0.294 e. The first kappa shape index (κ1) is 14.1. The summed E-state index contributed by atoms with van der Waals surface area (Å²) in [6.45, 7) is 3.11. The molecule has 0 spiro atoms. The SMILES string of the molecule is C[C@@H]1CS(=O)(=O)CCN1Cc1cc(Cl)ccc1Cl. The van der Waals surface area contributed by atoms with Crippen LogP contribution in [0, 0.1) is 0 Å². The van der Waals surface area contributed by atoms with Crippen molar-refractivity contribution in [1.29, 1.82) is 0 Å². The highest BCUT2D eigenvalue weighted by molar-refractivity contribution is 7.91. The Labute approximate surface area is 118 Å². The summed E-state index contributed by atoms with van der Waals surface area (Å²) in [5.74, 6) is 0.431. The first-order chi connectivity index (χ1) is 8.37. The number of benzene rings is 1. The maximum absolute atomic E-state index is 11.5. The second-order valence-corrected chi connectivity index (χ2v) is 7.74. The first-order valence-corrected chi connectivity index (χ1v) is 8.33. The number of hydrogen-bond donors (Lipinski definition) is 0. The fraction of sp³-hybridized carbons (Fsp3) is 0.500. The Bertz CT molecular complexity index is 545. The van der Waals surface area contributed by atoms with Gasteiger partial charge in [0.05, 0.1) is 11.5 Å². The molecular formula is C12H15Cl2NO2S. The molecule has 0 bridgehead atoms. The van der Waals surface area contributed by atoms with E-state index in [-0.39, 0.29) is 17.5 Å². The van der Waals surface area contributed by atoms with Gasteiger partial charge in [-0.25, -0.2) is 8.42 Å². The fourth-order valence-electron chi connectivity index (χ4n) is 2.15. The molecule has 0 aliphatic carbocycles. The molecule has 1 aromatic rings. The normalized spacial score (nSPS) is 24.1. The van der Waals surface area contributed by atoms with Crippen LogP contribution in [0.2, 0.25) is 10.0 Å². The summed E-state index contributed by atoms with van der Waals surface area (Å²) >= 11 is 12.1. The molecule has 100 valence electrons. The second kappa shape index (κ2) is 5.37. The van der Waals surface area contributed by atoms with Crippen LogP contribution in [0.15, 0.2) is 18.2 Å². The molecular weight excluding hydrogens is 293 g/mol. The Kier molecular flexibility index (Phi) is 4.22. The molecule has 1 aromatic carbocycles. The van der Waals surface area contributed by atoms with E-state index in [1.165, 1.54) is 0 Å². The molecule has 1 atom stereocenters. The van der Waals surface area contributed by atoms with Crippen LogP contribution in [0.1, 0.15) is 12.5 Å². The van der Waals surface area contributed by atoms with Crippen LogP contribution in [0.4, 0.5) is 0 Å². The minimum atomic E-state index is -2.88.